The van der Waals surface area contributed by atoms with Crippen LogP contribution >= 0.6 is 0 Å². The Morgan fingerprint density at radius 2 is 1.91 bits per heavy atom. The lowest BCUT2D eigenvalue weighted by molar-refractivity contribution is -0.118. The maximum Gasteiger partial charge on any atom is 0.262 e. The van der Waals surface area contributed by atoms with Gasteiger partial charge < -0.3 is 14.8 Å². The molecule has 0 aliphatic heterocycles. The molecule has 2 rings (SSSR count). The first-order valence-corrected chi connectivity index (χ1v) is 7.85. The molecule has 0 saturated heterocycles. The molecule has 2 aromatic rings. The molecule has 0 fully saturated rings. The second-order valence-corrected chi connectivity index (χ2v) is 5.50. The Balaban J connectivity index is 1.94. The molecule has 0 bridgehead atoms. The maximum absolute atomic E-state index is 12.1. The molecule has 0 aliphatic carbocycles. The Bertz CT molecular complexity index is 653. The molecule has 0 aromatic heterocycles. The molecule has 2 aromatic carbocycles. The van der Waals surface area contributed by atoms with Crippen molar-refractivity contribution in [2.24, 2.45) is 0 Å². The van der Waals surface area contributed by atoms with Crippen molar-refractivity contribution in [1.29, 1.82) is 0 Å². The Kier molecular flexibility index (Phi) is 6.03. The molecule has 23 heavy (non-hydrogen) atoms. The minimum Gasteiger partial charge on any atom is -0.489 e. The lowest BCUT2D eigenvalue weighted by Crippen LogP contribution is -2.21. The van der Waals surface area contributed by atoms with Crippen LogP contribution in [0.25, 0.3) is 0 Å². The first-order chi connectivity index (χ1) is 11.1. The van der Waals surface area contributed by atoms with Crippen LogP contribution in [0.2, 0.25) is 0 Å². The van der Waals surface area contributed by atoms with Gasteiger partial charge in [-0.15, -0.1) is 0 Å². The number of benzene rings is 2. The minimum atomic E-state index is -0.216. The molecule has 0 saturated carbocycles. The highest BCUT2D eigenvalue weighted by molar-refractivity contribution is 5.93. The largest absolute Gasteiger partial charge is 0.489 e. The third-order valence-electron chi connectivity index (χ3n) is 3.20. The summed E-state index contributed by atoms with van der Waals surface area (Å²) >= 11 is 0. The van der Waals surface area contributed by atoms with E-state index in [-0.39, 0.29) is 18.6 Å². The van der Waals surface area contributed by atoms with Crippen LogP contribution in [0.15, 0.2) is 48.5 Å². The van der Waals surface area contributed by atoms with E-state index >= 15 is 0 Å². The molecule has 0 radical (unpaired) electrons. The second kappa shape index (κ2) is 8.22. The predicted molar refractivity (Wildman–Crippen MR) is 92.2 cm³/mol. The van der Waals surface area contributed by atoms with Gasteiger partial charge in [-0.1, -0.05) is 31.2 Å². The van der Waals surface area contributed by atoms with E-state index in [2.05, 4.69) is 12.2 Å². The third-order valence-corrected chi connectivity index (χ3v) is 3.20. The van der Waals surface area contributed by atoms with Crippen molar-refractivity contribution in [3.05, 3.63) is 54.1 Å². The van der Waals surface area contributed by atoms with E-state index in [0.717, 1.165) is 6.42 Å². The minimum absolute atomic E-state index is 0.0385. The summed E-state index contributed by atoms with van der Waals surface area (Å²) in [5.74, 6) is 1.14. The van der Waals surface area contributed by atoms with Crippen molar-refractivity contribution in [1.82, 2.24) is 0 Å². The van der Waals surface area contributed by atoms with Gasteiger partial charge in [0.05, 0.1) is 11.8 Å². The monoisotopic (exact) mass is 313 g/mol. The van der Waals surface area contributed by atoms with Gasteiger partial charge in [-0.05, 0) is 50.1 Å². The van der Waals surface area contributed by atoms with Crippen LogP contribution in [-0.4, -0.2) is 18.6 Å². The van der Waals surface area contributed by atoms with E-state index in [0.29, 0.717) is 17.2 Å². The fraction of sp³-hybridized carbons (Fsp3) is 0.316. The number of rotatable bonds is 7. The molecular weight excluding hydrogens is 290 g/mol. The topological polar surface area (TPSA) is 47.6 Å². The van der Waals surface area contributed by atoms with Crippen molar-refractivity contribution in [3.8, 4) is 11.5 Å². The fourth-order valence-corrected chi connectivity index (χ4v) is 2.12. The summed E-state index contributed by atoms with van der Waals surface area (Å²) in [5.41, 5.74) is 1.83. The van der Waals surface area contributed by atoms with E-state index in [4.69, 9.17) is 9.47 Å². The molecule has 0 heterocycles. The predicted octanol–water partition coefficient (Wildman–Crippen LogP) is 4.05. The van der Waals surface area contributed by atoms with Gasteiger partial charge in [0, 0.05) is 0 Å². The van der Waals surface area contributed by atoms with Crippen LogP contribution in [0.3, 0.4) is 0 Å². The summed E-state index contributed by atoms with van der Waals surface area (Å²) < 4.78 is 11.2. The highest BCUT2D eigenvalue weighted by Crippen LogP contribution is 2.24. The Labute approximate surface area is 137 Å². The van der Waals surface area contributed by atoms with Gasteiger partial charge in [-0.2, -0.15) is 0 Å². The summed E-state index contributed by atoms with van der Waals surface area (Å²) in [6.45, 7) is 5.94. The zero-order valence-corrected chi connectivity index (χ0v) is 13.8. The number of aryl methyl sites for hydroxylation is 1. The van der Waals surface area contributed by atoms with Crippen LogP contribution in [0.4, 0.5) is 5.69 Å². The van der Waals surface area contributed by atoms with Gasteiger partial charge in [0.15, 0.2) is 6.61 Å². The number of amides is 1. The molecular formula is C19H23NO3. The number of carbonyl (C=O) groups is 1. The number of ether oxygens (including phenoxy) is 2. The first kappa shape index (κ1) is 16.9. The van der Waals surface area contributed by atoms with Crippen LogP contribution in [0, 0.1) is 0 Å². The summed E-state index contributed by atoms with van der Waals surface area (Å²) in [6, 6.07) is 15.1. The zero-order chi connectivity index (χ0) is 16.7. The highest BCUT2D eigenvalue weighted by atomic mass is 16.5. The highest BCUT2D eigenvalue weighted by Gasteiger charge is 2.09. The van der Waals surface area contributed by atoms with Gasteiger partial charge in [0.2, 0.25) is 0 Å². The zero-order valence-electron chi connectivity index (χ0n) is 13.8. The van der Waals surface area contributed by atoms with Gasteiger partial charge in [-0.3, -0.25) is 4.79 Å². The van der Waals surface area contributed by atoms with E-state index in [9.17, 15) is 4.79 Å². The van der Waals surface area contributed by atoms with Gasteiger partial charge in [-0.25, -0.2) is 0 Å². The van der Waals surface area contributed by atoms with Crippen molar-refractivity contribution >= 4 is 11.6 Å². The molecule has 4 nitrogen and oxygen atoms in total. The van der Waals surface area contributed by atoms with Crippen LogP contribution in [-0.2, 0) is 11.2 Å². The number of hydrogen-bond donors (Lipinski definition) is 1. The van der Waals surface area contributed by atoms with Crippen molar-refractivity contribution < 1.29 is 14.3 Å². The van der Waals surface area contributed by atoms with Crippen LogP contribution in [0.1, 0.15) is 26.3 Å². The number of hydrogen-bond acceptors (Lipinski definition) is 3. The quantitative estimate of drug-likeness (QED) is 0.838. The average molecular weight is 313 g/mol. The summed E-state index contributed by atoms with van der Waals surface area (Å²) in [4.78, 5) is 12.1. The standard InChI is InChI=1S/C19H23NO3/c1-4-15-8-7-9-16(12-15)22-13-19(21)20-17-10-5-6-11-18(17)23-14(2)3/h5-12,14H,4,13H2,1-3H3,(H,20,21). The maximum atomic E-state index is 12.1. The van der Waals surface area contributed by atoms with Crippen molar-refractivity contribution in [2.75, 3.05) is 11.9 Å². The Morgan fingerprint density at radius 3 is 2.65 bits per heavy atom. The number of para-hydroxylation sites is 2. The lowest BCUT2D eigenvalue weighted by atomic mass is 10.2. The van der Waals surface area contributed by atoms with E-state index in [1.165, 1.54) is 5.56 Å². The summed E-state index contributed by atoms with van der Waals surface area (Å²) in [6.07, 6.45) is 0.977. The first-order valence-electron chi connectivity index (χ1n) is 7.85. The van der Waals surface area contributed by atoms with Gasteiger partial charge >= 0.3 is 0 Å². The molecule has 0 spiro atoms. The normalized spacial score (nSPS) is 10.4. The average Bonchev–Trinajstić information content (AvgIpc) is 2.54. The number of nitrogens with one attached hydrogen (secondary N) is 1. The third kappa shape index (κ3) is 5.33. The van der Waals surface area contributed by atoms with Gasteiger partial charge in [0.1, 0.15) is 11.5 Å². The van der Waals surface area contributed by atoms with Crippen LogP contribution < -0.4 is 14.8 Å². The molecule has 0 aliphatic rings. The summed E-state index contributed by atoms with van der Waals surface area (Å²) in [7, 11) is 0. The Morgan fingerprint density at radius 1 is 1.13 bits per heavy atom. The number of carbonyl (C=O) groups excluding carboxylic acids is 1. The Hall–Kier alpha value is -2.49. The number of anilines is 1. The molecule has 0 atom stereocenters. The van der Waals surface area contributed by atoms with Gasteiger partial charge in [0.25, 0.3) is 5.91 Å². The molecule has 4 heteroatoms. The SMILES string of the molecule is CCc1cccc(OCC(=O)Nc2ccccc2OC(C)C)c1. The van der Waals surface area contributed by atoms with E-state index in [1.54, 1.807) is 0 Å². The molecule has 1 amide bonds. The lowest BCUT2D eigenvalue weighted by Gasteiger charge is -2.15. The molecule has 1 N–H and O–H groups in total. The van der Waals surface area contributed by atoms with E-state index in [1.807, 2.05) is 62.4 Å². The van der Waals surface area contributed by atoms with E-state index < -0.39 is 0 Å². The fourth-order valence-electron chi connectivity index (χ4n) is 2.12. The van der Waals surface area contributed by atoms with Crippen molar-refractivity contribution in [2.45, 2.75) is 33.3 Å². The second-order valence-electron chi connectivity index (χ2n) is 5.50. The smallest absolute Gasteiger partial charge is 0.262 e. The summed E-state index contributed by atoms with van der Waals surface area (Å²) in [5, 5.41) is 2.83. The van der Waals surface area contributed by atoms with Crippen LogP contribution in [0.5, 0.6) is 11.5 Å². The van der Waals surface area contributed by atoms with Crippen molar-refractivity contribution in [3.63, 3.8) is 0 Å². The molecule has 122 valence electrons. The molecule has 0 unspecified atom stereocenters.